The van der Waals surface area contributed by atoms with E-state index in [0.29, 0.717) is 5.69 Å². The van der Waals surface area contributed by atoms with Crippen LogP contribution in [0.3, 0.4) is 0 Å². The second kappa shape index (κ2) is 6.06. The van der Waals surface area contributed by atoms with E-state index in [1.165, 1.54) is 0 Å². The van der Waals surface area contributed by atoms with Crippen LogP contribution in [0.1, 0.15) is 18.4 Å². The quantitative estimate of drug-likeness (QED) is 0.644. The van der Waals surface area contributed by atoms with Crippen LogP contribution in [0.5, 0.6) is 0 Å². The predicted molar refractivity (Wildman–Crippen MR) is 87.1 cm³/mol. The molecule has 2 rings (SSSR count). The molecule has 0 aromatic heterocycles. The third kappa shape index (κ3) is 3.70. The number of anilines is 2. The van der Waals surface area contributed by atoms with Gasteiger partial charge in [0, 0.05) is 14.9 Å². The first kappa shape index (κ1) is 13.9. The zero-order chi connectivity index (χ0) is 13.8. The van der Waals surface area contributed by atoms with Crippen LogP contribution in [0.25, 0.3) is 0 Å². The summed E-state index contributed by atoms with van der Waals surface area (Å²) in [4.78, 5) is 12.2. The van der Waals surface area contributed by atoms with Gasteiger partial charge in [-0.3, -0.25) is 4.79 Å². The van der Waals surface area contributed by atoms with Crippen molar-refractivity contribution in [3.05, 3.63) is 57.7 Å². The summed E-state index contributed by atoms with van der Waals surface area (Å²) >= 11 is 2.22. The van der Waals surface area contributed by atoms with Gasteiger partial charge in [-0.2, -0.15) is 0 Å². The molecular formula is C15H15IN2O. The zero-order valence-corrected chi connectivity index (χ0v) is 12.7. The molecule has 3 N–H and O–H groups in total. The number of carbonyl (C=O) groups is 1. The van der Waals surface area contributed by atoms with E-state index in [0.717, 1.165) is 14.8 Å². The molecule has 98 valence electrons. The van der Waals surface area contributed by atoms with E-state index < -0.39 is 0 Å². The minimum absolute atomic E-state index is 0.0346. The van der Waals surface area contributed by atoms with Crippen LogP contribution in [0.15, 0.2) is 48.5 Å². The van der Waals surface area contributed by atoms with E-state index in [1.54, 1.807) is 0 Å². The maximum absolute atomic E-state index is 12.2. The lowest BCUT2D eigenvalue weighted by Gasteiger charge is -2.13. The Morgan fingerprint density at radius 3 is 2.63 bits per heavy atom. The van der Waals surface area contributed by atoms with E-state index in [9.17, 15) is 4.79 Å². The lowest BCUT2D eigenvalue weighted by atomic mass is 10.00. The van der Waals surface area contributed by atoms with Crippen molar-refractivity contribution in [3.63, 3.8) is 0 Å². The second-order valence-corrected chi connectivity index (χ2v) is 5.64. The van der Waals surface area contributed by atoms with Gasteiger partial charge >= 0.3 is 0 Å². The van der Waals surface area contributed by atoms with Gasteiger partial charge in [0.25, 0.3) is 0 Å². The van der Waals surface area contributed by atoms with Gasteiger partial charge in [0.05, 0.1) is 5.92 Å². The molecule has 19 heavy (non-hydrogen) atoms. The van der Waals surface area contributed by atoms with Gasteiger partial charge in [0.2, 0.25) is 5.91 Å². The van der Waals surface area contributed by atoms with Crippen LogP contribution in [-0.4, -0.2) is 5.91 Å². The fraction of sp³-hybridized carbons (Fsp3) is 0.133. The summed E-state index contributed by atoms with van der Waals surface area (Å²) in [5.74, 6) is -0.269. The first-order valence-corrected chi connectivity index (χ1v) is 7.06. The predicted octanol–water partition coefficient (Wildman–Crippen LogP) is 3.62. The smallest absolute Gasteiger partial charge is 0.231 e. The summed E-state index contributed by atoms with van der Waals surface area (Å²) in [6, 6.07) is 15.1. The molecule has 0 fully saturated rings. The molecule has 4 heteroatoms. The molecule has 0 heterocycles. The highest BCUT2D eigenvalue weighted by molar-refractivity contribution is 14.1. The molecule has 0 bridgehead atoms. The van der Waals surface area contributed by atoms with E-state index in [1.807, 2.05) is 55.5 Å². The summed E-state index contributed by atoms with van der Waals surface area (Å²) in [7, 11) is 0. The Labute approximate surface area is 126 Å². The van der Waals surface area contributed by atoms with Crippen LogP contribution in [-0.2, 0) is 4.79 Å². The highest BCUT2D eigenvalue weighted by Gasteiger charge is 2.15. The third-order valence-corrected chi connectivity index (χ3v) is 3.57. The first-order valence-electron chi connectivity index (χ1n) is 5.98. The van der Waals surface area contributed by atoms with Crippen LogP contribution >= 0.6 is 22.6 Å². The molecule has 2 aromatic rings. The maximum atomic E-state index is 12.2. The van der Waals surface area contributed by atoms with Crippen molar-refractivity contribution in [2.24, 2.45) is 0 Å². The van der Waals surface area contributed by atoms with Gasteiger partial charge in [0.15, 0.2) is 0 Å². The van der Waals surface area contributed by atoms with Crippen LogP contribution in [0.2, 0.25) is 0 Å². The Morgan fingerprint density at radius 2 is 1.95 bits per heavy atom. The van der Waals surface area contributed by atoms with Crippen LogP contribution in [0.4, 0.5) is 11.4 Å². The molecule has 1 unspecified atom stereocenters. The average molecular weight is 366 g/mol. The molecule has 0 spiro atoms. The molecule has 0 radical (unpaired) electrons. The number of nitrogens with one attached hydrogen (secondary N) is 1. The highest BCUT2D eigenvalue weighted by atomic mass is 127. The SMILES string of the molecule is CC(C(=O)Nc1cccc(I)c1)c1cccc(N)c1. The second-order valence-electron chi connectivity index (χ2n) is 4.39. The number of rotatable bonds is 3. The number of carbonyl (C=O) groups excluding carboxylic acids is 1. The lowest BCUT2D eigenvalue weighted by molar-refractivity contribution is -0.117. The van der Waals surface area contributed by atoms with E-state index in [2.05, 4.69) is 27.9 Å². The van der Waals surface area contributed by atoms with E-state index in [-0.39, 0.29) is 11.8 Å². The maximum Gasteiger partial charge on any atom is 0.231 e. The Balaban J connectivity index is 2.12. The topological polar surface area (TPSA) is 55.1 Å². The summed E-state index contributed by atoms with van der Waals surface area (Å²) in [6.07, 6.45) is 0. The largest absolute Gasteiger partial charge is 0.399 e. The number of hydrogen-bond donors (Lipinski definition) is 2. The lowest BCUT2D eigenvalue weighted by Crippen LogP contribution is -2.19. The monoisotopic (exact) mass is 366 g/mol. The Morgan fingerprint density at radius 1 is 1.21 bits per heavy atom. The van der Waals surface area contributed by atoms with Crippen molar-refractivity contribution in [1.29, 1.82) is 0 Å². The molecule has 0 saturated heterocycles. The first-order chi connectivity index (χ1) is 9.06. The molecule has 0 aliphatic heterocycles. The molecule has 2 aromatic carbocycles. The van der Waals surface area contributed by atoms with Gasteiger partial charge in [-0.25, -0.2) is 0 Å². The zero-order valence-electron chi connectivity index (χ0n) is 10.6. The summed E-state index contributed by atoms with van der Waals surface area (Å²) in [5, 5.41) is 2.92. The van der Waals surface area contributed by atoms with Crippen molar-refractivity contribution in [2.75, 3.05) is 11.1 Å². The Kier molecular flexibility index (Phi) is 4.42. The minimum Gasteiger partial charge on any atom is -0.399 e. The average Bonchev–Trinajstić information content (AvgIpc) is 2.38. The van der Waals surface area contributed by atoms with Gasteiger partial charge in [-0.05, 0) is 65.4 Å². The summed E-state index contributed by atoms with van der Waals surface area (Å²) in [6.45, 7) is 1.87. The Bertz CT molecular complexity index is 598. The van der Waals surface area contributed by atoms with Crippen molar-refractivity contribution in [3.8, 4) is 0 Å². The number of nitrogens with two attached hydrogens (primary N) is 1. The molecule has 1 amide bonds. The molecule has 3 nitrogen and oxygen atoms in total. The molecular weight excluding hydrogens is 351 g/mol. The standard InChI is InChI=1S/C15H15IN2O/c1-10(11-4-2-6-13(17)8-11)15(19)18-14-7-3-5-12(16)9-14/h2-10H,17H2,1H3,(H,18,19). The molecule has 0 aliphatic rings. The van der Waals surface area contributed by atoms with E-state index >= 15 is 0 Å². The molecule has 0 saturated carbocycles. The number of nitrogen functional groups attached to an aromatic ring is 1. The van der Waals surface area contributed by atoms with Crippen LogP contribution < -0.4 is 11.1 Å². The van der Waals surface area contributed by atoms with Gasteiger partial charge in [0.1, 0.15) is 0 Å². The van der Waals surface area contributed by atoms with E-state index in [4.69, 9.17) is 5.73 Å². The van der Waals surface area contributed by atoms with Gasteiger partial charge in [-0.15, -0.1) is 0 Å². The van der Waals surface area contributed by atoms with Crippen molar-refractivity contribution in [1.82, 2.24) is 0 Å². The molecule has 1 atom stereocenters. The van der Waals surface area contributed by atoms with Gasteiger partial charge in [-0.1, -0.05) is 18.2 Å². The summed E-state index contributed by atoms with van der Waals surface area (Å²) in [5.41, 5.74) is 8.14. The fourth-order valence-electron chi connectivity index (χ4n) is 1.80. The number of amides is 1. The van der Waals surface area contributed by atoms with Crippen molar-refractivity contribution < 1.29 is 4.79 Å². The molecule has 0 aliphatic carbocycles. The number of benzene rings is 2. The third-order valence-electron chi connectivity index (χ3n) is 2.90. The summed E-state index contributed by atoms with van der Waals surface area (Å²) < 4.78 is 1.09. The fourth-order valence-corrected chi connectivity index (χ4v) is 2.34. The van der Waals surface area contributed by atoms with Crippen molar-refractivity contribution in [2.45, 2.75) is 12.8 Å². The highest BCUT2D eigenvalue weighted by Crippen LogP contribution is 2.20. The normalized spacial score (nSPS) is 11.9. The Hall–Kier alpha value is -1.56. The van der Waals surface area contributed by atoms with Gasteiger partial charge < -0.3 is 11.1 Å². The number of halogens is 1. The number of hydrogen-bond acceptors (Lipinski definition) is 2. The van der Waals surface area contributed by atoms with Crippen molar-refractivity contribution >= 4 is 39.9 Å². The minimum atomic E-state index is -0.235. The van der Waals surface area contributed by atoms with Crippen LogP contribution in [0, 0.1) is 3.57 Å².